The molecule has 3 aromatic rings. The first-order valence-corrected chi connectivity index (χ1v) is 7.18. The summed E-state index contributed by atoms with van der Waals surface area (Å²) in [6.45, 7) is 0. The lowest BCUT2D eigenvalue weighted by atomic mass is 10.2. The number of para-hydroxylation sites is 1. The van der Waals surface area contributed by atoms with Gasteiger partial charge in [0, 0.05) is 10.5 Å². The number of halogens is 1. The lowest BCUT2D eigenvalue weighted by Crippen LogP contribution is -1.86. The number of nitrogens with zero attached hydrogens (tertiary/aromatic N) is 1. The van der Waals surface area contributed by atoms with E-state index >= 15 is 0 Å². The maximum Gasteiger partial charge on any atom is 0.155 e. The van der Waals surface area contributed by atoms with Gasteiger partial charge in [-0.05, 0) is 30.3 Å². The Morgan fingerprint density at radius 2 is 2.05 bits per heavy atom. The monoisotopic (exact) mass is 289 g/mol. The van der Waals surface area contributed by atoms with Crippen molar-refractivity contribution < 1.29 is 9.18 Å². The van der Waals surface area contributed by atoms with Crippen LogP contribution in [0.25, 0.3) is 10.2 Å². The molecule has 5 heteroatoms. The summed E-state index contributed by atoms with van der Waals surface area (Å²) in [6, 6.07) is 12.0. The Morgan fingerprint density at radius 3 is 2.84 bits per heavy atom. The van der Waals surface area contributed by atoms with E-state index in [1.54, 1.807) is 17.4 Å². The molecule has 2 aromatic carbocycles. The molecule has 0 spiro atoms. The molecule has 1 heterocycles. The summed E-state index contributed by atoms with van der Waals surface area (Å²) >= 11 is 2.94. The van der Waals surface area contributed by atoms with Gasteiger partial charge in [0.2, 0.25) is 0 Å². The molecule has 94 valence electrons. The zero-order chi connectivity index (χ0) is 13.2. The highest BCUT2D eigenvalue weighted by Gasteiger charge is 2.09. The Hall–Kier alpha value is -1.72. The molecule has 0 bridgehead atoms. The second-order valence-corrected chi connectivity index (χ2v) is 6.17. The molecule has 3 rings (SSSR count). The van der Waals surface area contributed by atoms with E-state index in [2.05, 4.69) is 4.98 Å². The van der Waals surface area contributed by atoms with Crippen molar-refractivity contribution >= 4 is 39.6 Å². The van der Waals surface area contributed by atoms with Crippen LogP contribution in [0.1, 0.15) is 10.4 Å². The molecule has 0 unspecified atom stereocenters. The first-order chi connectivity index (χ1) is 9.26. The van der Waals surface area contributed by atoms with Crippen molar-refractivity contribution in [2.75, 3.05) is 0 Å². The second kappa shape index (κ2) is 5.11. The van der Waals surface area contributed by atoms with Gasteiger partial charge in [-0.2, -0.15) is 0 Å². The standard InChI is InChI=1S/C14H8FNOS2/c15-10-5-6-12(9(7-10)8-17)18-14-16-11-3-1-2-4-13(11)19-14/h1-8H. The van der Waals surface area contributed by atoms with E-state index in [0.29, 0.717) is 11.8 Å². The molecular formula is C14H8FNOS2. The number of benzene rings is 2. The van der Waals surface area contributed by atoms with Crippen LogP contribution in [0.5, 0.6) is 0 Å². The van der Waals surface area contributed by atoms with Crippen molar-refractivity contribution in [2.24, 2.45) is 0 Å². The largest absolute Gasteiger partial charge is 0.298 e. The third-order valence-electron chi connectivity index (χ3n) is 2.57. The molecule has 0 fully saturated rings. The molecule has 2 nitrogen and oxygen atoms in total. The average molecular weight is 289 g/mol. The van der Waals surface area contributed by atoms with Gasteiger partial charge in [-0.15, -0.1) is 11.3 Å². The van der Waals surface area contributed by atoms with Crippen LogP contribution in [0.2, 0.25) is 0 Å². The molecule has 0 amide bonds. The fourth-order valence-corrected chi connectivity index (χ4v) is 3.79. The molecular weight excluding hydrogens is 281 g/mol. The SMILES string of the molecule is O=Cc1cc(F)ccc1Sc1nc2ccccc2s1. The molecule has 0 aliphatic carbocycles. The van der Waals surface area contributed by atoms with Crippen LogP contribution in [-0.2, 0) is 0 Å². The second-order valence-electron chi connectivity index (χ2n) is 3.85. The minimum atomic E-state index is -0.407. The first kappa shape index (κ1) is 12.3. The maximum atomic E-state index is 13.1. The van der Waals surface area contributed by atoms with Crippen molar-refractivity contribution in [1.29, 1.82) is 0 Å². The molecule has 0 saturated heterocycles. The summed E-state index contributed by atoms with van der Waals surface area (Å²) in [5, 5.41) is 0. The number of hydrogen-bond acceptors (Lipinski definition) is 4. The summed E-state index contributed by atoms with van der Waals surface area (Å²) < 4.78 is 15.0. The van der Waals surface area contributed by atoms with Gasteiger partial charge >= 0.3 is 0 Å². The normalized spacial score (nSPS) is 10.8. The molecule has 0 atom stereocenters. The molecule has 19 heavy (non-hydrogen) atoms. The van der Waals surface area contributed by atoms with Crippen LogP contribution in [0.4, 0.5) is 4.39 Å². The highest BCUT2D eigenvalue weighted by molar-refractivity contribution is 8.01. The van der Waals surface area contributed by atoms with Gasteiger partial charge in [0.05, 0.1) is 10.2 Å². The summed E-state index contributed by atoms with van der Waals surface area (Å²) in [7, 11) is 0. The van der Waals surface area contributed by atoms with E-state index in [1.165, 1.54) is 23.9 Å². The molecule has 0 radical (unpaired) electrons. The van der Waals surface area contributed by atoms with Crippen molar-refractivity contribution in [3.63, 3.8) is 0 Å². The highest BCUT2D eigenvalue weighted by atomic mass is 32.2. The van der Waals surface area contributed by atoms with Gasteiger partial charge in [0.1, 0.15) is 5.82 Å². The lowest BCUT2D eigenvalue weighted by molar-refractivity contribution is 0.112. The Morgan fingerprint density at radius 1 is 1.21 bits per heavy atom. The maximum absolute atomic E-state index is 13.1. The Kier molecular flexibility index (Phi) is 3.31. The highest BCUT2D eigenvalue weighted by Crippen LogP contribution is 2.35. The Bertz CT molecular complexity index is 721. The van der Waals surface area contributed by atoms with Gasteiger partial charge in [0.25, 0.3) is 0 Å². The van der Waals surface area contributed by atoms with E-state index < -0.39 is 5.82 Å². The molecule has 0 N–H and O–H groups in total. The van der Waals surface area contributed by atoms with Crippen molar-refractivity contribution in [2.45, 2.75) is 9.24 Å². The fourth-order valence-electron chi connectivity index (χ4n) is 1.69. The van der Waals surface area contributed by atoms with Crippen LogP contribution < -0.4 is 0 Å². The predicted octanol–water partition coefficient (Wildman–Crippen LogP) is 4.40. The number of carbonyl (C=O) groups is 1. The van der Waals surface area contributed by atoms with Crippen LogP contribution in [0, 0.1) is 5.82 Å². The van der Waals surface area contributed by atoms with E-state index in [0.717, 1.165) is 19.5 Å². The van der Waals surface area contributed by atoms with Gasteiger partial charge in [-0.3, -0.25) is 4.79 Å². The minimum absolute atomic E-state index is 0.351. The Balaban J connectivity index is 1.98. The van der Waals surface area contributed by atoms with Crippen LogP contribution in [0.3, 0.4) is 0 Å². The third kappa shape index (κ3) is 2.52. The Labute approximate surface area is 117 Å². The smallest absolute Gasteiger partial charge is 0.155 e. The number of fused-ring (bicyclic) bond motifs is 1. The van der Waals surface area contributed by atoms with Gasteiger partial charge in [-0.25, -0.2) is 9.37 Å². The third-order valence-corrected chi connectivity index (χ3v) is 4.76. The van der Waals surface area contributed by atoms with Crippen molar-refractivity contribution in [1.82, 2.24) is 4.98 Å². The van der Waals surface area contributed by atoms with Crippen molar-refractivity contribution in [3.8, 4) is 0 Å². The predicted molar refractivity (Wildman–Crippen MR) is 75.5 cm³/mol. The van der Waals surface area contributed by atoms with Gasteiger partial charge < -0.3 is 0 Å². The molecule has 0 saturated carbocycles. The van der Waals surface area contributed by atoms with E-state index in [1.807, 2.05) is 24.3 Å². The van der Waals surface area contributed by atoms with Crippen LogP contribution in [-0.4, -0.2) is 11.3 Å². The number of thiazole rings is 1. The summed E-state index contributed by atoms with van der Waals surface area (Å²) in [4.78, 5) is 16.1. The minimum Gasteiger partial charge on any atom is -0.298 e. The molecule has 0 aliphatic heterocycles. The number of hydrogen-bond donors (Lipinski definition) is 0. The molecule has 1 aromatic heterocycles. The number of aromatic nitrogens is 1. The summed E-state index contributed by atoms with van der Waals surface area (Å²) in [6.07, 6.45) is 0.665. The van der Waals surface area contributed by atoms with Crippen LogP contribution >= 0.6 is 23.1 Å². The van der Waals surface area contributed by atoms with E-state index in [9.17, 15) is 9.18 Å². The average Bonchev–Trinajstić information content (AvgIpc) is 2.83. The summed E-state index contributed by atoms with van der Waals surface area (Å²) in [5.74, 6) is -0.407. The van der Waals surface area contributed by atoms with E-state index in [4.69, 9.17) is 0 Å². The lowest BCUT2D eigenvalue weighted by Gasteiger charge is -2.01. The first-order valence-electron chi connectivity index (χ1n) is 5.54. The number of aldehydes is 1. The number of rotatable bonds is 3. The zero-order valence-corrected chi connectivity index (χ0v) is 11.3. The fraction of sp³-hybridized carbons (Fsp3) is 0. The van der Waals surface area contributed by atoms with Gasteiger partial charge in [0.15, 0.2) is 10.6 Å². The summed E-state index contributed by atoms with van der Waals surface area (Å²) in [5.41, 5.74) is 1.29. The van der Waals surface area contributed by atoms with E-state index in [-0.39, 0.29) is 0 Å². The number of carbonyl (C=O) groups excluding carboxylic acids is 1. The quantitative estimate of drug-likeness (QED) is 0.669. The topological polar surface area (TPSA) is 30.0 Å². The molecule has 0 aliphatic rings. The van der Waals surface area contributed by atoms with Crippen LogP contribution in [0.15, 0.2) is 51.7 Å². The van der Waals surface area contributed by atoms with Crippen molar-refractivity contribution in [3.05, 3.63) is 53.8 Å². The zero-order valence-electron chi connectivity index (χ0n) is 9.67. The van der Waals surface area contributed by atoms with Gasteiger partial charge in [-0.1, -0.05) is 23.9 Å².